The topological polar surface area (TPSA) is 38.4 Å². The van der Waals surface area contributed by atoms with Crippen LogP contribution >= 0.6 is 0 Å². The molecule has 0 N–H and O–H groups in total. The molecule has 4 rings (SSSR count). The Bertz CT molecular complexity index is 746. The fraction of sp³-hybridized carbons (Fsp3) is 0.611. The predicted octanol–water partition coefficient (Wildman–Crippen LogP) is 3.14. The molecule has 0 amide bonds. The van der Waals surface area contributed by atoms with Crippen LogP contribution in [-0.4, -0.2) is 22.6 Å². The number of fused-ring (bicyclic) bond motifs is 1. The van der Waals surface area contributed by atoms with E-state index in [0.717, 1.165) is 18.0 Å². The van der Waals surface area contributed by atoms with Gasteiger partial charge in [-0.2, -0.15) is 0 Å². The van der Waals surface area contributed by atoms with E-state index in [2.05, 4.69) is 17.9 Å². The fourth-order valence-electron chi connectivity index (χ4n) is 3.95. The Hall–Kier alpha value is -1.55. The van der Waals surface area contributed by atoms with Crippen molar-refractivity contribution in [1.29, 1.82) is 0 Å². The second-order valence-corrected chi connectivity index (χ2v) is 7.43. The zero-order valence-corrected chi connectivity index (χ0v) is 13.5. The maximum absolute atomic E-state index is 11.6. The maximum Gasteiger partial charge on any atom is 0.419 e. The minimum atomic E-state index is -0.287. The average molecular weight is 300 g/mol. The average Bonchev–Trinajstić information content (AvgIpc) is 3.31. The highest BCUT2D eigenvalue weighted by Gasteiger charge is 2.42. The number of nitrogens with zero attached hydrogens (tertiary/aromatic N) is 2. The van der Waals surface area contributed by atoms with Gasteiger partial charge < -0.3 is 4.42 Å². The summed E-state index contributed by atoms with van der Waals surface area (Å²) in [6.07, 6.45) is 5.53. The zero-order valence-electron chi connectivity index (χ0n) is 13.5. The zero-order chi connectivity index (χ0) is 15.3. The van der Waals surface area contributed by atoms with Crippen LogP contribution in [-0.2, 0) is 13.6 Å². The number of benzene rings is 1. The van der Waals surface area contributed by atoms with Crippen molar-refractivity contribution in [3.63, 3.8) is 0 Å². The van der Waals surface area contributed by atoms with Crippen molar-refractivity contribution < 1.29 is 4.42 Å². The van der Waals surface area contributed by atoms with Gasteiger partial charge in [0.1, 0.15) is 0 Å². The predicted molar refractivity (Wildman–Crippen MR) is 86.8 cm³/mol. The molecular weight excluding hydrogens is 276 g/mol. The summed E-state index contributed by atoms with van der Waals surface area (Å²) in [5.41, 5.74) is 3.39. The van der Waals surface area contributed by atoms with Crippen LogP contribution in [0.5, 0.6) is 0 Å². The Morgan fingerprint density at radius 3 is 2.68 bits per heavy atom. The lowest BCUT2D eigenvalue weighted by Crippen LogP contribution is -2.39. The Labute approximate surface area is 130 Å². The molecule has 1 aromatic heterocycles. The van der Waals surface area contributed by atoms with Crippen LogP contribution < -0.4 is 5.76 Å². The minimum absolute atomic E-state index is 0.287. The molecule has 4 heteroatoms. The molecule has 0 atom stereocenters. The van der Waals surface area contributed by atoms with E-state index in [-0.39, 0.29) is 5.76 Å². The smallest absolute Gasteiger partial charge is 0.408 e. The van der Waals surface area contributed by atoms with Gasteiger partial charge in [0.2, 0.25) is 0 Å². The summed E-state index contributed by atoms with van der Waals surface area (Å²) in [5.74, 6) is 0.704. The van der Waals surface area contributed by atoms with E-state index in [1.807, 2.05) is 12.1 Å². The van der Waals surface area contributed by atoms with Crippen molar-refractivity contribution in [1.82, 2.24) is 9.47 Å². The molecule has 2 fully saturated rings. The van der Waals surface area contributed by atoms with E-state index in [1.165, 1.54) is 44.3 Å². The second-order valence-electron chi connectivity index (χ2n) is 7.43. The lowest BCUT2D eigenvalue weighted by atomic mass is 9.76. The quantitative estimate of drug-likeness (QED) is 0.874. The van der Waals surface area contributed by atoms with Gasteiger partial charge in [-0.25, -0.2) is 4.79 Å². The van der Waals surface area contributed by atoms with E-state index < -0.39 is 0 Å². The summed E-state index contributed by atoms with van der Waals surface area (Å²) in [7, 11) is 1.75. The number of hydrogen-bond donors (Lipinski definition) is 0. The van der Waals surface area contributed by atoms with E-state index >= 15 is 0 Å². The van der Waals surface area contributed by atoms with E-state index in [0.29, 0.717) is 11.0 Å². The molecule has 4 nitrogen and oxygen atoms in total. The van der Waals surface area contributed by atoms with Crippen molar-refractivity contribution in [3.05, 3.63) is 34.3 Å². The van der Waals surface area contributed by atoms with Crippen molar-refractivity contribution >= 4 is 11.1 Å². The summed E-state index contributed by atoms with van der Waals surface area (Å²) in [4.78, 5) is 14.1. The van der Waals surface area contributed by atoms with Crippen LogP contribution in [0.4, 0.5) is 0 Å². The summed E-state index contributed by atoms with van der Waals surface area (Å²) in [5, 5.41) is 0. The second kappa shape index (κ2) is 4.98. The molecule has 0 bridgehead atoms. The highest BCUT2D eigenvalue weighted by atomic mass is 16.4. The molecule has 2 heterocycles. The fourth-order valence-corrected chi connectivity index (χ4v) is 3.95. The number of likely N-dealkylation sites (tertiary alicyclic amines) is 1. The first-order valence-corrected chi connectivity index (χ1v) is 8.36. The Morgan fingerprint density at radius 2 is 2.00 bits per heavy atom. The Balaban J connectivity index is 1.46. The van der Waals surface area contributed by atoms with Crippen LogP contribution in [0.25, 0.3) is 11.1 Å². The van der Waals surface area contributed by atoms with Crippen LogP contribution in [0, 0.1) is 11.3 Å². The molecule has 1 aliphatic heterocycles. The molecule has 1 saturated heterocycles. The first-order valence-electron chi connectivity index (χ1n) is 8.36. The van der Waals surface area contributed by atoms with Crippen molar-refractivity contribution in [3.8, 4) is 0 Å². The lowest BCUT2D eigenvalue weighted by Gasteiger charge is -2.39. The normalized spacial score (nSPS) is 22.3. The summed E-state index contributed by atoms with van der Waals surface area (Å²) in [6.45, 7) is 5.80. The van der Waals surface area contributed by atoms with Gasteiger partial charge in [0.15, 0.2) is 5.58 Å². The van der Waals surface area contributed by atoms with Gasteiger partial charge in [0.05, 0.1) is 5.52 Å². The van der Waals surface area contributed by atoms with Crippen LogP contribution in [0.15, 0.2) is 27.4 Å². The third kappa shape index (κ3) is 2.39. The van der Waals surface area contributed by atoms with Gasteiger partial charge in [0.25, 0.3) is 0 Å². The first-order chi connectivity index (χ1) is 10.5. The van der Waals surface area contributed by atoms with Gasteiger partial charge in [-0.1, -0.05) is 13.0 Å². The SMILES string of the molecule is Cn1c(=O)oc2cc(CN3CCC(C)(C4CC4)CC3)ccc21. The van der Waals surface area contributed by atoms with E-state index in [1.54, 1.807) is 11.6 Å². The standard InChI is InChI=1S/C18H24N2O2/c1-18(14-4-5-14)7-9-20(10-8-18)12-13-3-6-15-16(11-13)22-17(21)19(15)2/h3,6,11,14H,4-5,7-10,12H2,1-2H3. The summed E-state index contributed by atoms with van der Waals surface area (Å²) >= 11 is 0. The monoisotopic (exact) mass is 300 g/mol. The maximum atomic E-state index is 11.6. The summed E-state index contributed by atoms with van der Waals surface area (Å²) < 4.78 is 6.85. The van der Waals surface area contributed by atoms with Crippen molar-refractivity contribution in [2.45, 2.75) is 39.2 Å². The third-order valence-electron chi connectivity index (χ3n) is 5.82. The Kier molecular flexibility index (Phi) is 3.19. The van der Waals surface area contributed by atoms with Crippen LogP contribution in [0.1, 0.15) is 38.2 Å². The molecule has 118 valence electrons. The molecule has 1 saturated carbocycles. The van der Waals surface area contributed by atoms with Gasteiger partial charge in [-0.3, -0.25) is 9.47 Å². The largest absolute Gasteiger partial charge is 0.419 e. The van der Waals surface area contributed by atoms with Crippen molar-refractivity contribution in [2.24, 2.45) is 18.4 Å². The molecular formula is C18H24N2O2. The minimum Gasteiger partial charge on any atom is -0.408 e. The highest BCUT2D eigenvalue weighted by molar-refractivity contribution is 5.73. The molecule has 0 unspecified atom stereocenters. The molecule has 1 aromatic carbocycles. The number of hydrogen-bond acceptors (Lipinski definition) is 3. The van der Waals surface area contributed by atoms with Gasteiger partial charge >= 0.3 is 5.76 Å². The first kappa shape index (κ1) is 14.1. The van der Waals surface area contributed by atoms with Gasteiger partial charge in [-0.15, -0.1) is 0 Å². The number of oxazole rings is 1. The third-order valence-corrected chi connectivity index (χ3v) is 5.82. The molecule has 0 radical (unpaired) electrons. The number of aromatic nitrogens is 1. The lowest BCUT2D eigenvalue weighted by molar-refractivity contribution is 0.0947. The number of aryl methyl sites for hydroxylation is 1. The van der Waals surface area contributed by atoms with Gasteiger partial charge in [0, 0.05) is 13.6 Å². The van der Waals surface area contributed by atoms with Crippen molar-refractivity contribution in [2.75, 3.05) is 13.1 Å². The molecule has 2 aromatic rings. The highest BCUT2D eigenvalue weighted by Crippen LogP contribution is 2.51. The van der Waals surface area contributed by atoms with E-state index in [9.17, 15) is 4.79 Å². The molecule has 22 heavy (non-hydrogen) atoms. The van der Waals surface area contributed by atoms with Crippen LogP contribution in [0.3, 0.4) is 0 Å². The Morgan fingerprint density at radius 1 is 1.27 bits per heavy atom. The summed E-state index contributed by atoms with van der Waals surface area (Å²) in [6, 6.07) is 6.13. The molecule has 1 aliphatic carbocycles. The van der Waals surface area contributed by atoms with E-state index in [4.69, 9.17) is 4.42 Å². The number of piperidine rings is 1. The van der Waals surface area contributed by atoms with Crippen LogP contribution in [0.2, 0.25) is 0 Å². The molecule has 2 aliphatic rings. The molecule has 0 spiro atoms. The number of rotatable bonds is 3. The van der Waals surface area contributed by atoms with Gasteiger partial charge in [-0.05, 0) is 67.8 Å².